The summed E-state index contributed by atoms with van der Waals surface area (Å²) in [4.78, 5) is 13.2. The normalized spacial score (nSPS) is 25.8. The minimum atomic E-state index is 0.347. The Morgan fingerprint density at radius 3 is 3.09 bits per heavy atom. The topological polar surface area (TPSA) is 20.3 Å². The van der Waals surface area contributed by atoms with Crippen LogP contribution in [0.25, 0.3) is 0 Å². The van der Waals surface area contributed by atoms with Crippen LogP contribution in [0, 0.1) is 0 Å². The van der Waals surface area contributed by atoms with Gasteiger partial charge in [-0.25, -0.2) is 0 Å². The fraction of sp³-hybridized carbons (Fsp3) is 0.875. The van der Waals surface area contributed by atoms with Gasteiger partial charge in [0, 0.05) is 23.4 Å². The van der Waals surface area contributed by atoms with Crippen LogP contribution < -0.4 is 0 Å². The van der Waals surface area contributed by atoms with E-state index < -0.39 is 0 Å². The zero-order valence-electron chi connectivity index (χ0n) is 6.85. The van der Waals surface area contributed by atoms with Crippen LogP contribution in [-0.2, 0) is 4.79 Å². The maximum atomic E-state index is 11.3. The average Bonchev–Trinajstić information content (AvgIpc) is 1.98. The van der Waals surface area contributed by atoms with Gasteiger partial charge in [0.25, 0.3) is 0 Å². The number of halogens is 1. The molecule has 11 heavy (non-hydrogen) atoms. The SMILES string of the molecule is CCCN1C[C@@H](I)CCC1=O. The highest BCUT2D eigenvalue weighted by Crippen LogP contribution is 2.18. The molecule has 1 rings (SSSR count). The first-order chi connectivity index (χ1) is 5.24. The highest BCUT2D eigenvalue weighted by molar-refractivity contribution is 14.1. The van der Waals surface area contributed by atoms with Crippen LogP contribution in [0.5, 0.6) is 0 Å². The van der Waals surface area contributed by atoms with Crippen molar-refractivity contribution in [3.05, 3.63) is 0 Å². The second kappa shape index (κ2) is 4.28. The Hall–Kier alpha value is 0.200. The number of carbonyl (C=O) groups is 1. The van der Waals surface area contributed by atoms with E-state index in [4.69, 9.17) is 0 Å². The van der Waals surface area contributed by atoms with Crippen LogP contribution in [0.4, 0.5) is 0 Å². The monoisotopic (exact) mass is 267 g/mol. The number of nitrogens with zero attached hydrogens (tertiary/aromatic N) is 1. The molecule has 1 saturated heterocycles. The van der Waals surface area contributed by atoms with Gasteiger partial charge in [0.1, 0.15) is 0 Å². The quantitative estimate of drug-likeness (QED) is 0.552. The van der Waals surface area contributed by atoms with Crippen LogP contribution in [-0.4, -0.2) is 27.8 Å². The lowest BCUT2D eigenvalue weighted by molar-refractivity contribution is -0.132. The summed E-state index contributed by atoms with van der Waals surface area (Å²) in [5.41, 5.74) is 0. The van der Waals surface area contributed by atoms with Crippen molar-refractivity contribution in [2.24, 2.45) is 0 Å². The minimum absolute atomic E-state index is 0.347. The smallest absolute Gasteiger partial charge is 0.222 e. The molecule has 1 amide bonds. The van der Waals surface area contributed by atoms with Gasteiger partial charge in [0.15, 0.2) is 0 Å². The molecular formula is C8H14INO. The first-order valence-electron chi connectivity index (χ1n) is 4.16. The molecule has 0 aliphatic carbocycles. The Morgan fingerprint density at radius 2 is 2.45 bits per heavy atom. The van der Waals surface area contributed by atoms with Gasteiger partial charge in [-0.05, 0) is 12.8 Å². The van der Waals surface area contributed by atoms with Gasteiger partial charge in [-0.1, -0.05) is 29.5 Å². The molecule has 0 bridgehead atoms. The van der Waals surface area contributed by atoms with E-state index in [9.17, 15) is 4.79 Å². The largest absolute Gasteiger partial charge is 0.342 e. The number of rotatable bonds is 2. The Kier molecular flexibility index (Phi) is 3.62. The summed E-state index contributed by atoms with van der Waals surface area (Å²) in [6, 6.07) is 0. The third-order valence-corrected chi connectivity index (χ3v) is 2.95. The fourth-order valence-corrected chi connectivity index (χ4v) is 2.14. The van der Waals surface area contributed by atoms with Crippen molar-refractivity contribution in [1.29, 1.82) is 0 Å². The van der Waals surface area contributed by atoms with Crippen molar-refractivity contribution in [3.8, 4) is 0 Å². The lowest BCUT2D eigenvalue weighted by Gasteiger charge is -2.29. The number of likely N-dealkylation sites (tertiary alicyclic amines) is 1. The molecule has 0 aromatic rings. The molecule has 1 fully saturated rings. The Balaban J connectivity index is 2.40. The maximum absolute atomic E-state index is 11.3. The van der Waals surface area contributed by atoms with E-state index in [2.05, 4.69) is 29.5 Å². The Labute approximate surface area is 81.5 Å². The van der Waals surface area contributed by atoms with Crippen molar-refractivity contribution in [2.45, 2.75) is 30.1 Å². The van der Waals surface area contributed by atoms with Gasteiger partial charge < -0.3 is 4.90 Å². The van der Waals surface area contributed by atoms with Crippen molar-refractivity contribution in [3.63, 3.8) is 0 Å². The molecule has 2 nitrogen and oxygen atoms in total. The number of hydrogen-bond donors (Lipinski definition) is 0. The Bertz CT molecular complexity index is 149. The molecule has 0 aromatic carbocycles. The summed E-state index contributed by atoms with van der Waals surface area (Å²) in [6.45, 7) is 4.02. The van der Waals surface area contributed by atoms with E-state index in [-0.39, 0.29) is 0 Å². The lowest BCUT2D eigenvalue weighted by Crippen LogP contribution is -2.40. The highest BCUT2D eigenvalue weighted by atomic mass is 127. The van der Waals surface area contributed by atoms with Crippen LogP contribution in [0.1, 0.15) is 26.2 Å². The molecule has 0 N–H and O–H groups in total. The van der Waals surface area contributed by atoms with Gasteiger partial charge in [-0.2, -0.15) is 0 Å². The fourth-order valence-electron chi connectivity index (χ4n) is 1.36. The molecule has 1 aliphatic heterocycles. The molecule has 0 saturated carbocycles. The van der Waals surface area contributed by atoms with Crippen LogP contribution in [0.2, 0.25) is 0 Å². The second-order valence-electron chi connectivity index (χ2n) is 2.98. The van der Waals surface area contributed by atoms with Gasteiger partial charge in [0.05, 0.1) is 0 Å². The number of amides is 1. The van der Waals surface area contributed by atoms with Crippen LogP contribution >= 0.6 is 22.6 Å². The van der Waals surface area contributed by atoms with Gasteiger partial charge >= 0.3 is 0 Å². The zero-order valence-corrected chi connectivity index (χ0v) is 9.00. The molecule has 0 spiro atoms. The van der Waals surface area contributed by atoms with E-state index in [1.165, 1.54) is 0 Å². The van der Waals surface area contributed by atoms with Crippen molar-refractivity contribution < 1.29 is 4.79 Å². The predicted molar refractivity (Wildman–Crippen MR) is 53.9 cm³/mol. The van der Waals surface area contributed by atoms with E-state index in [1.54, 1.807) is 0 Å². The summed E-state index contributed by atoms with van der Waals surface area (Å²) in [5.74, 6) is 0.347. The number of carbonyl (C=O) groups excluding carboxylic acids is 1. The molecule has 64 valence electrons. The lowest BCUT2D eigenvalue weighted by atomic mass is 10.1. The van der Waals surface area contributed by atoms with Crippen molar-refractivity contribution in [2.75, 3.05) is 13.1 Å². The van der Waals surface area contributed by atoms with Crippen molar-refractivity contribution >= 4 is 28.5 Å². The third kappa shape index (κ3) is 2.61. The average molecular weight is 267 g/mol. The van der Waals surface area contributed by atoms with Gasteiger partial charge in [0.2, 0.25) is 5.91 Å². The maximum Gasteiger partial charge on any atom is 0.222 e. The van der Waals surface area contributed by atoms with Gasteiger partial charge in [-0.3, -0.25) is 4.79 Å². The predicted octanol–water partition coefficient (Wildman–Crippen LogP) is 1.82. The Morgan fingerprint density at radius 1 is 1.73 bits per heavy atom. The zero-order chi connectivity index (χ0) is 8.27. The van der Waals surface area contributed by atoms with Crippen LogP contribution in [0.3, 0.4) is 0 Å². The standard InChI is InChI=1S/C8H14INO/c1-2-5-10-6-7(9)3-4-8(10)11/h7H,2-6H2,1H3/t7-/m0/s1. The molecule has 1 aliphatic rings. The third-order valence-electron chi connectivity index (χ3n) is 1.94. The molecule has 0 unspecified atom stereocenters. The van der Waals surface area contributed by atoms with E-state index in [1.807, 2.05) is 4.90 Å². The van der Waals surface area contributed by atoms with Gasteiger partial charge in [-0.15, -0.1) is 0 Å². The first kappa shape index (κ1) is 9.29. The summed E-state index contributed by atoms with van der Waals surface area (Å²) >= 11 is 2.43. The summed E-state index contributed by atoms with van der Waals surface area (Å²) < 4.78 is 0.678. The molecular weight excluding hydrogens is 253 g/mol. The van der Waals surface area contributed by atoms with Crippen LogP contribution in [0.15, 0.2) is 0 Å². The minimum Gasteiger partial charge on any atom is -0.342 e. The molecule has 0 aromatic heterocycles. The van der Waals surface area contributed by atoms with E-state index >= 15 is 0 Å². The molecule has 1 atom stereocenters. The van der Waals surface area contributed by atoms with E-state index in [0.29, 0.717) is 9.83 Å². The molecule has 1 heterocycles. The summed E-state index contributed by atoms with van der Waals surface area (Å²) in [5, 5.41) is 0. The highest BCUT2D eigenvalue weighted by Gasteiger charge is 2.22. The summed E-state index contributed by atoms with van der Waals surface area (Å²) in [7, 11) is 0. The second-order valence-corrected chi connectivity index (χ2v) is 4.74. The molecule has 3 heteroatoms. The number of alkyl halides is 1. The van der Waals surface area contributed by atoms with E-state index in [0.717, 1.165) is 32.4 Å². The first-order valence-corrected chi connectivity index (χ1v) is 5.40. The summed E-state index contributed by atoms with van der Waals surface area (Å²) in [6.07, 6.45) is 2.91. The van der Waals surface area contributed by atoms with Crippen molar-refractivity contribution in [1.82, 2.24) is 4.90 Å². The molecule has 0 radical (unpaired) electrons. The number of hydrogen-bond acceptors (Lipinski definition) is 1. The number of piperidine rings is 1.